The third-order valence-electron chi connectivity index (χ3n) is 8.76. The number of para-hydroxylation sites is 1. The number of hydrogen-bond donors (Lipinski definition) is 3. The molecule has 1 aliphatic carbocycles. The van der Waals surface area contributed by atoms with Crippen molar-refractivity contribution in [3.05, 3.63) is 66.0 Å². The Morgan fingerprint density at radius 1 is 0.971 bits per heavy atom. The van der Waals surface area contributed by atoms with Gasteiger partial charge in [-0.15, -0.1) is 0 Å². The van der Waals surface area contributed by atoms with Gasteiger partial charge < -0.3 is 20.2 Å². The van der Waals surface area contributed by atoms with Crippen LogP contribution in [0.5, 0.6) is 0 Å². The molecule has 2 heterocycles. The molecular formula is C28H37FN2O3. The Morgan fingerprint density at radius 3 is 2.35 bits per heavy atom. The molecule has 0 spiro atoms. The predicted octanol–water partition coefficient (Wildman–Crippen LogP) is 3.88. The second-order valence-electron chi connectivity index (χ2n) is 10.9. The van der Waals surface area contributed by atoms with Gasteiger partial charge in [0.15, 0.2) is 0 Å². The Kier molecular flexibility index (Phi) is 6.44. The van der Waals surface area contributed by atoms with Crippen LogP contribution in [0.2, 0.25) is 0 Å². The molecule has 1 saturated carbocycles. The van der Waals surface area contributed by atoms with Gasteiger partial charge in [0.2, 0.25) is 0 Å². The molecule has 2 aliphatic heterocycles. The Labute approximate surface area is 201 Å². The molecule has 3 fully saturated rings. The largest absolute Gasteiger partial charge is 0.390 e. The van der Waals surface area contributed by atoms with E-state index in [9.17, 15) is 19.7 Å². The molecule has 3 aliphatic rings. The standard InChI is InChI=1S/C28H37FN2O3/c1-27-18-23(20-8-3-2-4-9-20)31(25(27)13-7-12-24(32)26(27)33)19-28(34)14-16-30(17-15-28)22-11-6-5-10-21(22)29/h2-6,8-11,23-26,32-34H,7,12-19H2,1H3/t23-,24-,25-,26+,27-/m1/s1. The van der Waals surface area contributed by atoms with E-state index in [-0.39, 0.29) is 17.9 Å². The number of nitrogens with zero attached hydrogens (tertiary/aromatic N) is 2. The minimum Gasteiger partial charge on any atom is -0.390 e. The highest BCUT2D eigenvalue weighted by molar-refractivity contribution is 5.48. The first kappa shape index (κ1) is 23.7. The Hall–Kier alpha value is -1.99. The zero-order valence-electron chi connectivity index (χ0n) is 20.0. The summed E-state index contributed by atoms with van der Waals surface area (Å²) < 4.78 is 14.3. The summed E-state index contributed by atoms with van der Waals surface area (Å²) in [4.78, 5) is 4.44. The zero-order valence-corrected chi connectivity index (χ0v) is 20.0. The van der Waals surface area contributed by atoms with Crippen molar-refractivity contribution in [1.29, 1.82) is 0 Å². The summed E-state index contributed by atoms with van der Waals surface area (Å²) >= 11 is 0. The van der Waals surface area contributed by atoms with Gasteiger partial charge in [0, 0.05) is 37.1 Å². The lowest BCUT2D eigenvalue weighted by molar-refractivity contribution is -0.0723. The summed E-state index contributed by atoms with van der Waals surface area (Å²) in [6.07, 6.45) is 2.74. The van der Waals surface area contributed by atoms with Crippen LogP contribution >= 0.6 is 0 Å². The first-order valence-electron chi connectivity index (χ1n) is 12.7. The van der Waals surface area contributed by atoms with E-state index >= 15 is 0 Å². The number of halogens is 1. The van der Waals surface area contributed by atoms with Gasteiger partial charge in [-0.05, 0) is 56.2 Å². The third-order valence-corrected chi connectivity index (χ3v) is 8.76. The van der Waals surface area contributed by atoms with E-state index in [1.807, 2.05) is 29.2 Å². The van der Waals surface area contributed by atoms with Gasteiger partial charge in [-0.2, -0.15) is 0 Å². The van der Waals surface area contributed by atoms with Crippen LogP contribution in [0.4, 0.5) is 10.1 Å². The SMILES string of the molecule is C[C@@]12C[C@H](c3ccccc3)N(CC3(O)CCN(c4ccccc4F)CC3)[C@@H]1CCC[C@@H](O)[C@@H]2O. The average Bonchev–Trinajstić information content (AvgIpc) is 3.06. The van der Waals surface area contributed by atoms with Gasteiger partial charge in [0.1, 0.15) is 5.82 Å². The molecule has 3 N–H and O–H groups in total. The van der Waals surface area contributed by atoms with Crippen LogP contribution in [-0.4, -0.2) is 63.7 Å². The average molecular weight is 469 g/mol. The monoisotopic (exact) mass is 468 g/mol. The lowest BCUT2D eigenvalue weighted by Crippen LogP contribution is -2.54. The number of likely N-dealkylation sites (tertiary alicyclic amines) is 1. The number of benzene rings is 2. The zero-order chi connectivity index (χ0) is 23.9. The van der Waals surface area contributed by atoms with Gasteiger partial charge in [-0.25, -0.2) is 4.39 Å². The summed E-state index contributed by atoms with van der Waals surface area (Å²) in [5, 5.41) is 33.5. The molecule has 5 rings (SSSR count). The second-order valence-corrected chi connectivity index (χ2v) is 10.9. The van der Waals surface area contributed by atoms with Crippen molar-refractivity contribution in [2.45, 2.75) is 75.3 Å². The molecule has 0 unspecified atom stereocenters. The second kappa shape index (κ2) is 9.23. The molecule has 5 atom stereocenters. The number of aliphatic hydroxyl groups excluding tert-OH is 2. The fourth-order valence-electron chi connectivity index (χ4n) is 6.77. The molecule has 2 aromatic rings. The van der Waals surface area contributed by atoms with Crippen molar-refractivity contribution >= 4 is 5.69 Å². The molecule has 0 bridgehead atoms. The van der Waals surface area contributed by atoms with E-state index < -0.39 is 23.2 Å². The quantitative estimate of drug-likeness (QED) is 0.636. The number of aliphatic hydroxyl groups is 3. The molecular weight excluding hydrogens is 431 g/mol. The summed E-state index contributed by atoms with van der Waals surface area (Å²) in [6, 6.07) is 17.3. The van der Waals surface area contributed by atoms with E-state index in [1.54, 1.807) is 12.1 Å². The van der Waals surface area contributed by atoms with E-state index in [0.29, 0.717) is 44.6 Å². The molecule has 0 radical (unpaired) electrons. The molecule has 184 valence electrons. The molecule has 2 aromatic carbocycles. The lowest BCUT2D eigenvalue weighted by atomic mass is 9.74. The Morgan fingerprint density at radius 2 is 1.65 bits per heavy atom. The fraction of sp³-hybridized carbons (Fsp3) is 0.571. The number of β-amino-alcohol motifs (C(OH)–C–C–N with tert-alkyl or cyclic N) is 1. The van der Waals surface area contributed by atoms with Gasteiger partial charge >= 0.3 is 0 Å². The summed E-state index contributed by atoms with van der Waals surface area (Å²) in [5.41, 5.74) is 0.462. The van der Waals surface area contributed by atoms with E-state index in [1.165, 1.54) is 11.6 Å². The van der Waals surface area contributed by atoms with E-state index in [0.717, 1.165) is 19.3 Å². The summed E-state index contributed by atoms with van der Waals surface area (Å²) in [6.45, 7) is 3.83. The number of hydrogen-bond acceptors (Lipinski definition) is 5. The van der Waals surface area contributed by atoms with Crippen LogP contribution in [0, 0.1) is 11.2 Å². The highest BCUT2D eigenvalue weighted by Gasteiger charge is 2.56. The van der Waals surface area contributed by atoms with Gasteiger partial charge in [-0.3, -0.25) is 4.90 Å². The van der Waals surface area contributed by atoms with Gasteiger partial charge in [-0.1, -0.05) is 49.4 Å². The minimum atomic E-state index is -0.879. The molecule has 0 aromatic heterocycles. The molecule has 0 amide bonds. The number of piperidine rings is 1. The normalized spacial score (nSPS) is 34.0. The van der Waals surface area contributed by atoms with Crippen molar-refractivity contribution in [1.82, 2.24) is 4.90 Å². The molecule has 6 heteroatoms. The maximum absolute atomic E-state index is 14.3. The Balaban J connectivity index is 1.39. The van der Waals surface area contributed by atoms with Crippen LogP contribution in [0.3, 0.4) is 0 Å². The van der Waals surface area contributed by atoms with Crippen molar-refractivity contribution in [2.75, 3.05) is 24.5 Å². The Bertz CT molecular complexity index is 981. The molecule has 2 saturated heterocycles. The number of anilines is 1. The van der Waals surface area contributed by atoms with Crippen molar-refractivity contribution < 1.29 is 19.7 Å². The maximum Gasteiger partial charge on any atom is 0.146 e. The molecule has 34 heavy (non-hydrogen) atoms. The molecule has 5 nitrogen and oxygen atoms in total. The lowest BCUT2D eigenvalue weighted by Gasteiger charge is -2.45. The van der Waals surface area contributed by atoms with Gasteiger partial charge in [0.25, 0.3) is 0 Å². The third kappa shape index (κ3) is 4.26. The first-order chi connectivity index (χ1) is 16.3. The highest BCUT2D eigenvalue weighted by atomic mass is 19.1. The smallest absolute Gasteiger partial charge is 0.146 e. The van der Waals surface area contributed by atoms with Crippen LogP contribution < -0.4 is 4.90 Å². The van der Waals surface area contributed by atoms with Crippen molar-refractivity contribution in [3.63, 3.8) is 0 Å². The number of fused-ring (bicyclic) bond motifs is 1. The van der Waals surface area contributed by atoms with Crippen LogP contribution in [0.25, 0.3) is 0 Å². The van der Waals surface area contributed by atoms with Crippen molar-refractivity contribution in [2.24, 2.45) is 5.41 Å². The highest BCUT2D eigenvalue weighted by Crippen LogP contribution is 2.54. The maximum atomic E-state index is 14.3. The predicted molar refractivity (Wildman–Crippen MR) is 131 cm³/mol. The van der Waals surface area contributed by atoms with Crippen molar-refractivity contribution in [3.8, 4) is 0 Å². The topological polar surface area (TPSA) is 67.2 Å². The van der Waals surface area contributed by atoms with E-state index in [4.69, 9.17) is 0 Å². The number of rotatable bonds is 4. The van der Waals surface area contributed by atoms with Gasteiger partial charge in [0.05, 0.1) is 23.5 Å². The minimum absolute atomic E-state index is 0.0739. The fourth-order valence-corrected chi connectivity index (χ4v) is 6.77. The summed E-state index contributed by atoms with van der Waals surface area (Å²) in [5.74, 6) is -0.224. The van der Waals surface area contributed by atoms with Crippen LogP contribution in [0.1, 0.15) is 57.1 Å². The summed E-state index contributed by atoms with van der Waals surface area (Å²) in [7, 11) is 0. The van der Waals surface area contributed by atoms with E-state index in [2.05, 4.69) is 24.0 Å². The van der Waals surface area contributed by atoms with Crippen LogP contribution in [0.15, 0.2) is 54.6 Å². The van der Waals surface area contributed by atoms with Crippen LogP contribution in [-0.2, 0) is 0 Å². The first-order valence-corrected chi connectivity index (χ1v) is 12.7.